The highest BCUT2D eigenvalue weighted by molar-refractivity contribution is 5.79. The van der Waals surface area contributed by atoms with E-state index in [9.17, 15) is 0 Å². The predicted molar refractivity (Wildman–Crippen MR) is 72.7 cm³/mol. The van der Waals surface area contributed by atoms with Crippen molar-refractivity contribution in [3.8, 4) is 17.1 Å². The zero-order valence-electron chi connectivity index (χ0n) is 10.2. The molecule has 0 aliphatic rings. The number of ether oxygens (including phenoxy) is 1. The molecule has 0 saturated heterocycles. The Labute approximate surface area is 105 Å². The van der Waals surface area contributed by atoms with Gasteiger partial charge in [-0.05, 0) is 43.3 Å². The standard InChI is InChI=1S/C15H14N2O/c1-2-18-12-9-7-11(8-10-12)15-16-13-5-3-4-6-14(13)17-15/h3-10H,2H2,1H3,(H,16,17). The van der Waals surface area contributed by atoms with Gasteiger partial charge in [-0.15, -0.1) is 0 Å². The number of aromatic nitrogens is 2. The molecule has 1 N–H and O–H groups in total. The van der Waals surface area contributed by atoms with Crippen LogP contribution in [0.4, 0.5) is 0 Å². The van der Waals surface area contributed by atoms with Crippen LogP contribution in [0.2, 0.25) is 0 Å². The van der Waals surface area contributed by atoms with Gasteiger partial charge in [-0.3, -0.25) is 0 Å². The molecule has 0 unspecified atom stereocenters. The van der Waals surface area contributed by atoms with E-state index in [1.54, 1.807) is 0 Å². The lowest BCUT2D eigenvalue weighted by Gasteiger charge is -2.02. The van der Waals surface area contributed by atoms with E-state index in [1.807, 2.05) is 55.5 Å². The molecular formula is C15H14N2O. The van der Waals surface area contributed by atoms with Crippen molar-refractivity contribution in [2.75, 3.05) is 6.61 Å². The Morgan fingerprint density at radius 2 is 1.83 bits per heavy atom. The quantitative estimate of drug-likeness (QED) is 0.756. The van der Waals surface area contributed by atoms with E-state index in [0.717, 1.165) is 28.2 Å². The summed E-state index contributed by atoms with van der Waals surface area (Å²) in [6, 6.07) is 16.0. The third-order valence-electron chi connectivity index (χ3n) is 2.83. The SMILES string of the molecule is CCOc1ccc(-c2nc3ccccc3[nH]2)cc1. The van der Waals surface area contributed by atoms with Crippen molar-refractivity contribution in [1.29, 1.82) is 0 Å². The molecule has 3 rings (SSSR count). The van der Waals surface area contributed by atoms with Crippen LogP contribution < -0.4 is 4.74 Å². The molecule has 0 aliphatic carbocycles. The zero-order chi connectivity index (χ0) is 12.4. The first-order chi connectivity index (χ1) is 8.86. The smallest absolute Gasteiger partial charge is 0.138 e. The zero-order valence-corrected chi connectivity index (χ0v) is 10.2. The van der Waals surface area contributed by atoms with E-state index in [1.165, 1.54) is 0 Å². The average molecular weight is 238 g/mol. The topological polar surface area (TPSA) is 37.9 Å². The van der Waals surface area contributed by atoms with Crippen LogP contribution in [0.1, 0.15) is 6.92 Å². The Morgan fingerprint density at radius 3 is 2.56 bits per heavy atom. The number of nitrogens with zero attached hydrogens (tertiary/aromatic N) is 1. The van der Waals surface area contributed by atoms with Crippen molar-refractivity contribution < 1.29 is 4.74 Å². The number of nitrogens with one attached hydrogen (secondary N) is 1. The molecule has 0 atom stereocenters. The second-order valence-electron chi connectivity index (χ2n) is 4.06. The summed E-state index contributed by atoms with van der Waals surface area (Å²) in [6.07, 6.45) is 0. The monoisotopic (exact) mass is 238 g/mol. The molecule has 90 valence electrons. The highest BCUT2D eigenvalue weighted by Gasteiger charge is 2.04. The minimum absolute atomic E-state index is 0.685. The summed E-state index contributed by atoms with van der Waals surface area (Å²) in [5.74, 6) is 1.77. The van der Waals surface area contributed by atoms with E-state index in [4.69, 9.17) is 4.74 Å². The molecule has 3 heteroatoms. The van der Waals surface area contributed by atoms with Crippen molar-refractivity contribution in [3.63, 3.8) is 0 Å². The van der Waals surface area contributed by atoms with Gasteiger partial charge in [0.05, 0.1) is 17.6 Å². The highest BCUT2D eigenvalue weighted by Crippen LogP contribution is 2.22. The van der Waals surface area contributed by atoms with Crippen LogP contribution in [0.3, 0.4) is 0 Å². The van der Waals surface area contributed by atoms with Crippen molar-refractivity contribution in [2.45, 2.75) is 6.92 Å². The minimum atomic E-state index is 0.685. The molecule has 3 aromatic rings. The van der Waals surface area contributed by atoms with E-state index >= 15 is 0 Å². The van der Waals surface area contributed by atoms with E-state index in [-0.39, 0.29) is 0 Å². The fourth-order valence-electron chi connectivity index (χ4n) is 1.97. The summed E-state index contributed by atoms with van der Waals surface area (Å²) in [5.41, 5.74) is 3.11. The van der Waals surface area contributed by atoms with Gasteiger partial charge >= 0.3 is 0 Å². The second-order valence-corrected chi connectivity index (χ2v) is 4.06. The van der Waals surface area contributed by atoms with E-state index in [0.29, 0.717) is 6.61 Å². The molecule has 1 heterocycles. The number of aromatic amines is 1. The van der Waals surface area contributed by atoms with Crippen LogP contribution in [0.15, 0.2) is 48.5 Å². The van der Waals surface area contributed by atoms with Crippen LogP contribution in [-0.2, 0) is 0 Å². The first-order valence-electron chi connectivity index (χ1n) is 6.05. The van der Waals surface area contributed by atoms with Crippen LogP contribution in [-0.4, -0.2) is 16.6 Å². The maximum atomic E-state index is 5.43. The molecule has 0 spiro atoms. The highest BCUT2D eigenvalue weighted by atomic mass is 16.5. The first-order valence-corrected chi connectivity index (χ1v) is 6.05. The Kier molecular flexibility index (Phi) is 2.73. The largest absolute Gasteiger partial charge is 0.494 e. The molecule has 18 heavy (non-hydrogen) atoms. The molecule has 0 aliphatic heterocycles. The Hall–Kier alpha value is -2.29. The third kappa shape index (κ3) is 1.95. The number of fused-ring (bicyclic) bond motifs is 1. The van der Waals surface area contributed by atoms with Gasteiger partial charge in [0.25, 0.3) is 0 Å². The lowest BCUT2D eigenvalue weighted by molar-refractivity contribution is 0.340. The molecular weight excluding hydrogens is 224 g/mol. The average Bonchev–Trinajstić information content (AvgIpc) is 2.84. The van der Waals surface area contributed by atoms with Gasteiger partial charge in [0.2, 0.25) is 0 Å². The maximum Gasteiger partial charge on any atom is 0.138 e. The molecule has 0 saturated carbocycles. The number of benzene rings is 2. The second kappa shape index (κ2) is 4.53. The van der Waals surface area contributed by atoms with Crippen LogP contribution in [0.5, 0.6) is 5.75 Å². The summed E-state index contributed by atoms with van der Waals surface area (Å²) >= 11 is 0. The van der Waals surface area contributed by atoms with Gasteiger partial charge in [-0.2, -0.15) is 0 Å². The first kappa shape index (κ1) is 10.8. The molecule has 0 amide bonds. The van der Waals surface area contributed by atoms with Crippen molar-refractivity contribution in [2.24, 2.45) is 0 Å². The molecule has 0 fully saturated rings. The summed E-state index contributed by atoms with van der Waals surface area (Å²) < 4.78 is 5.43. The third-order valence-corrected chi connectivity index (χ3v) is 2.83. The molecule has 3 nitrogen and oxygen atoms in total. The Bertz CT molecular complexity index is 623. The van der Waals surface area contributed by atoms with Gasteiger partial charge in [-0.25, -0.2) is 4.98 Å². The van der Waals surface area contributed by atoms with Crippen LogP contribution >= 0.6 is 0 Å². The van der Waals surface area contributed by atoms with Crippen LogP contribution in [0, 0.1) is 0 Å². The van der Waals surface area contributed by atoms with Gasteiger partial charge in [0.1, 0.15) is 11.6 Å². The van der Waals surface area contributed by atoms with Gasteiger partial charge < -0.3 is 9.72 Å². The fraction of sp³-hybridized carbons (Fsp3) is 0.133. The molecule has 2 aromatic carbocycles. The van der Waals surface area contributed by atoms with Gasteiger partial charge in [0.15, 0.2) is 0 Å². The lowest BCUT2D eigenvalue weighted by Crippen LogP contribution is -1.90. The summed E-state index contributed by atoms with van der Waals surface area (Å²) in [7, 11) is 0. The Balaban J connectivity index is 1.98. The predicted octanol–water partition coefficient (Wildman–Crippen LogP) is 3.63. The lowest BCUT2D eigenvalue weighted by atomic mass is 10.2. The number of rotatable bonds is 3. The van der Waals surface area contributed by atoms with Crippen molar-refractivity contribution in [3.05, 3.63) is 48.5 Å². The van der Waals surface area contributed by atoms with Gasteiger partial charge in [0, 0.05) is 5.56 Å². The molecule has 0 radical (unpaired) electrons. The minimum Gasteiger partial charge on any atom is -0.494 e. The normalized spacial score (nSPS) is 10.7. The number of hydrogen-bond acceptors (Lipinski definition) is 2. The maximum absolute atomic E-state index is 5.43. The van der Waals surface area contributed by atoms with Crippen LogP contribution in [0.25, 0.3) is 22.4 Å². The number of H-pyrrole nitrogens is 1. The fourth-order valence-corrected chi connectivity index (χ4v) is 1.97. The summed E-state index contributed by atoms with van der Waals surface area (Å²) in [6.45, 7) is 2.66. The summed E-state index contributed by atoms with van der Waals surface area (Å²) in [5, 5.41) is 0. The molecule has 0 bridgehead atoms. The summed E-state index contributed by atoms with van der Waals surface area (Å²) in [4.78, 5) is 7.87. The Morgan fingerprint density at radius 1 is 1.06 bits per heavy atom. The number of hydrogen-bond donors (Lipinski definition) is 1. The van der Waals surface area contributed by atoms with Crippen molar-refractivity contribution >= 4 is 11.0 Å². The number of imidazole rings is 1. The molecule has 1 aromatic heterocycles. The van der Waals surface area contributed by atoms with Gasteiger partial charge in [-0.1, -0.05) is 12.1 Å². The number of para-hydroxylation sites is 2. The van der Waals surface area contributed by atoms with Crippen molar-refractivity contribution in [1.82, 2.24) is 9.97 Å². The van der Waals surface area contributed by atoms with E-state index < -0.39 is 0 Å². The van der Waals surface area contributed by atoms with E-state index in [2.05, 4.69) is 9.97 Å².